The van der Waals surface area contributed by atoms with E-state index in [9.17, 15) is 4.79 Å². The second kappa shape index (κ2) is 6.14. The van der Waals surface area contributed by atoms with E-state index in [0.29, 0.717) is 32.7 Å². The number of carbonyl (C=O) groups is 1. The molecule has 1 aliphatic heterocycles. The molecule has 2 rings (SSSR count). The number of rotatable bonds is 4. The summed E-state index contributed by atoms with van der Waals surface area (Å²) < 4.78 is 5.56. The number of ether oxygens (including phenoxy) is 1. The van der Waals surface area contributed by atoms with Gasteiger partial charge in [-0.15, -0.1) is 0 Å². The average Bonchev–Trinajstić information content (AvgIpc) is 2.83. The molecule has 1 fully saturated rings. The van der Waals surface area contributed by atoms with Gasteiger partial charge in [0.25, 0.3) is 0 Å². The predicted molar refractivity (Wildman–Crippen MR) is 68.0 cm³/mol. The van der Waals surface area contributed by atoms with Gasteiger partial charge in [0.2, 0.25) is 5.91 Å². The zero-order chi connectivity index (χ0) is 12.1. The molecule has 0 aliphatic carbocycles. The maximum Gasteiger partial charge on any atom is 0.227 e. The van der Waals surface area contributed by atoms with Gasteiger partial charge in [-0.05, 0) is 35.4 Å². The average molecular weight is 254 g/mol. The summed E-state index contributed by atoms with van der Waals surface area (Å²) in [5.74, 6) is 0.189. The van der Waals surface area contributed by atoms with Gasteiger partial charge >= 0.3 is 0 Å². The molecule has 1 atom stereocenters. The predicted octanol–water partition coefficient (Wildman–Crippen LogP) is 0.867. The second-order valence-electron chi connectivity index (χ2n) is 4.22. The minimum atomic E-state index is 0.111. The molecule has 0 bridgehead atoms. The van der Waals surface area contributed by atoms with Gasteiger partial charge in [-0.2, -0.15) is 11.3 Å². The zero-order valence-electron chi connectivity index (χ0n) is 9.80. The van der Waals surface area contributed by atoms with Crippen LogP contribution in [0, 0.1) is 0 Å². The first kappa shape index (κ1) is 12.5. The maximum atomic E-state index is 12.1. The standard InChI is InChI=1S/C12H18N2O2S/c13-3-1-11-8-14(4-5-16-11)12(15)7-10-2-6-17-9-10/h2,6,9,11H,1,3-5,7-8,13H2/t11-/m0/s1. The summed E-state index contributed by atoms with van der Waals surface area (Å²) in [4.78, 5) is 13.9. The Morgan fingerprint density at radius 1 is 1.65 bits per heavy atom. The van der Waals surface area contributed by atoms with Gasteiger partial charge in [0, 0.05) is 13.1 Å². The smallest absolute Gasteiger partial charge is 0.227 e. The lowest BCUT2D eigenvalue weighted by molar-refractivity contribution is -0.138. The summed E-state index contributed by atoms with van der Waals surface area (Å²) in [6.07, 6.45) is 1.43. The highest BCUT2D eigenvalue weighted by molar-refractivity contribution is 7.07. The van der Waals surface area contributed by atoms with E-state index in [4.69, 9.17) is 10.5 Å². The van der Waals surface area contributed by atoms with Crippen LogP contribution in [0.1, 0.15) is 12.0 Å². The number of carbonyl (C=O) groups excluding carboxylic acids is 1. The molecule has 94 valence electrons. The lowest BCUT2D eigenvalue weighted by Gasteiger charge is -2.32. The molecule has 1 aromatic heterocycles. The van der Waals surface area contributed by atoms with E-state index in [2.05, 4.69) is 0 Å². The van der Waals surface area contributed by atoms with Crippen molar-refractivity contribution in [2.24, 2.45) is 5.73 Å². The summed E-state index contributed by atoms with van der Waals surface area (Å²) in [7, 11) is 0. The minimum absolute atomic E-state index is 0.111. The third-order valence-electron chi connectivity index (χ3n) is 2.92. The number of hydrogen-bond acceptors (Lipinski definition) is 4. The van der Waals surface area contributed by atoms with Gasteiger partial charge in [0.1, 0.15) is 0 Å². The molecule has 1 aromatic rings. The molecule has 17 heavy (non-hydrogen) atoms. The van der Waals surface area contributed by atoms with Crippen molar-refractivity contribution in [3.63, 3.8) is 0 Å². The highest BCUT2D eigenvalue weighted by Crippen LogP contribution is 2.12. The fourth-order valence-corrected chi connectivity index (χ4v) is 2.65. The van der Waals surface area contributed by atoms with E-state index in [1.165, 1.54) is 0 Å². The van der Waals surface area contributed by atoms with Crippen LogP contribution in [0.25, 0.3) is 0 Å². The molecule has 0 unspecified atom stereocenters. The van der Waals surface area contributed by atoms with Crippen molar-refractivity contribution >= 4 is 17.2 Å². The molecule has 0 aromatic carbocycles. The Kier molecular flexibility index (Phi) is 4.53. The van der Waals surface area contributed by atoms with Crippen molar-refractivity contribution in [1.82, 2.24) is 4.90 Å². The molecule has 2 heterocycles. The van der Waals surface area contributed by atoms with Crippen LogP contribution in [0.4, 0.5) is 0 Å². The maximum absolute atomic E-state index is 12.1. The van der Waals surface area contributed by atoms with Crippen LogP contribution in [0.2, 0.25) is 0 Å². The molecule has 1 saturated heterocycles. The van der Waals surface area contributed by atoms with E-state index in [1.807, 2.05) is 21.7 Å². The van der Waals surface area contributed by atoms with E-state index in [0.717, 1.165) is 12.0 Å². The van der Waals surface area contributed by atoms with Crippen molar-refractivity contribution in [3.8, 4) is 0 Å². The number of morpholine rings is 1. The summed E-state index contributed by atoms with van der Waals surface area (Å²) in [5.41, 5.74) is 6.61. The van der Waals surface area contributed by atoms with Crippen LogP contribution in [-0.2, 0) is 16.0 Å². The van der Waals surface area contributed by atoms with Crippen molar-refractivity contribution < 1.29 is 9.53 Å². The molecule has 1 aliphatic rings. The van der Waals surface area contributed by atoms with Crippen LogP contribution < -0.4 is 5.73 Å². The molecular weight excluding hydrogens is 236 g/mol. The number of thiophene rings is 1. The van der Waals surface area contributed by atoms with Crippen LogP contribution in [0.3, 0.4) is 0 Å². The molecule has 0 radical (unpaired) electrons. The topological polar surface area (TPSA) is 55.6 Å². The molecule has 0 saturated carbocycles. The van der Waals surface area contributed by atoms with Crippen LogP contribution in [0.15, 0.2) is 16.8 Å². The lowest BCUT2D eigenvalue weighted by Crippen LogP contribution is -2.46. The Balaban J connectivity index is 1.86. The van der Waals surface area contributed by atoms with E-state index >= 15 is 0 Å². The molecular formula is C12H18N2O2S. The first-order chi connectivity index (χ1) is 8.29. The van der Waals surface area contributed by atoms with Gasteiger partial charge in [0.05, 0.1) is 19.1 Å². The second-order valence-corrected chi connectivity index (χ2v) is 5.00. The Morgan fingerprint density at radius 3 is 3.24 bits per heavy atom. The summed E-state index contributed by atoms with van der Waals surface area (Å²) in [5, 5.41) is 4.02. The number of amides is 1. The number of nitrogens with zero attached hydrogens (tertiary/aromatic N) is 1. The Labute approximate surface area is 105 Å². The summed E-state index contributed by atoms with van der Waals surface area (Å²) in [6, 6.07) is 2.00. The molecule has 5 heteroatoms. The number of nitrogens with two attached hydrogens (primary N) is 1. The first-order valence-corrected chi connectivity index (χ1v) is 6.84. The Bertz CT molecular complexity index is 351. The number of hydrogen-bond donors (Lipinski definition) is 1. The van der Waals surface area contributed by atoms with Gasteiger partial charge in [-0.3, -0.25) is 4.79 Å². The summed E-state index contributed by atoms with van der Waals surface area (Å²) in [6.45, 7) is 2.61. The van der Waals surface area contributed by atoms with E-state index in [-0.39, 0.29) is 12.0 Å². The van der Waals surface area contributed by atoms with Gasteiger partial charge in [-0.1, -0.05) is 0 Å². The highest BCUT2D eigenvalue weighted by Gasteiger charge is 2.23. The van der Waals surface area contributed by atoms with Crippen molar-refractivity contribution in [1.29, 1.82) is 0 Å². The van der Waals surface area contributed by atoms with Gasteiger partial charge in [-0.25, -0.2) is 0 Å². The molecule has 0 spiro atoms. The van der Waals surface area contributed by atoms with Crippen LogP contribution in [-0.4, -0.2) is 43.2 Å². The molecule has 4 nitrogen and oxygen atoms in total. The highest BCUT2D eigenvalue weighted by atomic mass is 32.1. The molecule has 1 amide bonds. The quantitative estimate of drug-likeness (QED) is 0.867. The van der Waals surface area contributed by atoms with Crippen molar-refractivity contribution in [3.05, 3.63) is 22.4 Å². The van der Waals surface area contributed by atoms with E-state index in [1.54, 1.807) is 11.3 Å². The van der Waals surface area contributed by atoms with Gasteiger partial charge < -0.3 is 15.4 Å². The lowest BCUT2D eigenvalue weighted by atomic mass is 10.1. The SMILES string of the molecule is NCC[C@H]1CN(C(=O)Cc2ccsc2)CCO1. The molecule has 2 N–H and O–H groups in total. The van der Waals surface area contributed by atoms with Crippen LogP contribution in [0.5, 0.6) is 0 Å². The third kappa shape index (κ3) is 3.52. The monoisotopic (exact) mass is 254 g/mol. The summed E-state index contributed by atoms with van der Waals surface area (Å²) >= 11 is 1.62. The first-order valence-electron chi connectivity index (χ1n) is 5.90. The fraction of sp³-hybridized carbons (Fsp3) is 0.583. The normalized spacial score (nSPS) is 20.5. The Hall–Kier alpha value is -0.910. The van der Waals surface area contributed by atoms with Crippen molar-refractivity contribution in [2.45, 2.75) is 18.9 Å². The Morgan fingerprint density at radius 2 is 2.53 bits per heavy atom. The van der Waals surface area contributed by atoms with Crippen LogP contribution >= 0.6 is 11.3 Å². The van der Waals surface area contributed by atoms with Gasteiger partial charge in [0.15, 0.2) is 0 Å². The minimum Gasteiger partial charge on any atom is -0.374 e. The van der Waals surface area contributed by atoms with Crippen molar-refractivity contribution in [2.75, 3.05) is 26.2 Å². The zero-order valence-corrected chi connectivity index (χ0v) is 10.6. The van der Waals surface area contributed by atoms with E-state index < -0.39 is 0 Å². The third-order valence-corrected chi connectivity index (χ3v) is 3.65. The largest absolute Gasteiger partial charge is 0.374 e. The fourth-order valence-electron chi connectivity index (χ4n) is 1.99.